The van der Waals surface area contributed by atoms with Gasteiger partial charge in [0.2, 0.25) is 5.95 Å². The summed E-state index contributed by atoms with van der Waals surface area (Å²) in [6.07, 6.45) is 3.27. The first-order valence-electron chi connectivity index (χ1n) is 6.94. The van der Waals surface area contributed by atoms with E-state index in [1.165, 1.54) is 6.07 Å². The fourth-order valence-electron chi connectivity index (χ4n) is 2.47. The molecule has 0 radical (unpaired) electrons. The van der Waals surface area contributed by atoms with Gasteiger partial charge in [-0.05, 0) is 12.1 Å². The molecule has 0 aliphatic heterocycles. The number of anilines is 1. The van der Waals surface area contributed by atoms with Crippen molar-refractivity contribution in [2.45, 2.75) is 6.54 Å². The van der Waals surface area contributed by atoms with E-state index >= 15 is 0 Å². The van der Waals surface area contributed by atoms with E-state index in [0.717, 1.165) is 11.1 Å². The minimum atomic E-state index is -0.285. The first-order chi connectivity index (χ1) is 11.2. The van der Waals surface area contributed by atoms with Crippen LogP contribution in [0.5, 0.6) is 0 Å². The van der Waals surface area contributed by atoms with E-state index in [-0.39, 0.29) is 18.3 Å². The van der Waals surface area contributed by atoms with E-state index in [0.29, 0.717) is 16.9 Å². The summed E-state index contributed by atoms with van der Waals surface area (Å²) in [6, 6.07) is 8.35. The lowest BCUT2D eigenvalue weighted by atomic mass is 10.2. The molecule has 3 aromatic heterocycles. The number of nitrogens with two attached hydrogens (primary N) is 1. The van der Waals surface area contributed by atoms with Crippen molar-refractivity contribution >= 4 is 17.0 Å². The number of rotatable bonds is 3. The van der Waals surface area contributed by atoms with Crippen LogP contribution in [0.25, 0.3) is 22.4 Å². The largest absolute Gasteiger partial charge is 0.368 e. The Balaban J connectivity index is 1.85. The number of aromatic amines is 1. The molecule has 0 spiro atoms. The average molecular weight is 309 g/mol. The normalized spacial score (nSPS) is 11.2. The third-order valence-electron chi connectivity index (χ3n) is 3.55. The zero-order valence-corrected chi connectivity index (χ0v) is 11.9. The van der Waals surface area contributed by atoms with Gasteiger partial charge in [0.15, 0.2) is 5.65 Å². The maximum atomic E-state index is 13.9. The topological polar surface area (TPSA) is 98.3 Å². The van der Waals surface area contributed by atoms with Crippen molar-refractivity contribution in [3.8, 4) is 11.4 Å². The summed E-state index contributed by atoms with van der Waals surface area (Å²) >= 11 is 0. The monoisotopic (exact) mass is 309 g/mol. The fraction of sp³-hybridized carbons (Fsp3) is 0.0667. The SMILES string of the molecule is Nc1nc(-c2ccn[nH]2)c2cnn(Cc3ccccc3F)c2n1. The number of benzene rings is 1. The maximum absolute atomic E-state index is 13.9. The Morgan fingerprint density at radius 1 is 1.17 bits per heavy atom. The van der Waals surface area contributed by atoms with Crippen molar-refractivity contribution in [3.63, 3.8) is 0 Å². The zero-order valence-electron chi connectivity index (χ0n) is 11.9. The smallest absolute Gasteiger partial charge is 0.222 e. The van der Waals surface area contributed by atoms with E-state index in [2.05, 4.69) is 25.3 Å². The van der Waals surface area contributed by atoms with Gasteiger partial charge in [-0.1, -0.05) is 18.2 Å². The zero-order chi connectivity index (χ0) is 15.8. The summed E-state index contributed by atoms with van der Waals surface area (Å²) in [5.41, 5.74) is 8.22. The summed E-state index contributed by atoms with van der Waals surface area (Å²) in [4.78, 5) is 8.49. The second-order valence-electron chi connectivity index (χ2n) is 5.03. The van der Waals surface area contributed by atoms with Crippen molar-refractivity contribution in [2.24, 2.45) is 0 Å². The number of hydrogen-bond donors (Lipinski definition) is 2. The third kappa shape index (κ3) is 2.30. The standard InChI is InChI=1S/C15H12FN7/c16-11-4-2-1-3-9(11)8-23-14-10(7-19-23)13(20-15(17)21-14)12-5-6-18-22-12/h1-7H,8H2,(H,18,22)(H2,17,20,21). The summed E-state index contributed by atoms with van der Waals surface area (Å²) in [5, 5.41) is 11.8. The van der Waals surface area contributed by atoms with Crippen molar-refractivity contribution in [1.82, 2.24) is 29.9 Å². The number of H-pyrrole nitrogens is 1. The van der Waals surface area contributed by atoms with Gasteiger partial charge < -0.3 is 5.73 Å². The van der Waals surface area contributed by atoms with E-state index < -0.39 is 0 Å². The van der Waals surface area contributed by atoms with Gasteiger partial charge in [0, 0.05) is 11.8 Å². The summed E-state index contributed by atoms with van der Waals surface area (Å²) < 4.78 is 15.5. The molecular formula is C15H12FN7. The highest BCUT2D eigenvalue weighted by Crippen LogP contribution is 2.25. The van der Waals surface area contributed by atoms with Crippen molar-refractivity contribution in [3.05, 3.63) is 54.1 Å². The number of fused-ring (bicyclic) bond motifs is 1. The third-order valence-corrected chi connectivity index (χ3v) is 3.55. The minimum Gasteiger partial charge on any atom is -0.368 e. The molecule has 0 amide bonds. The van der Waals surface area contributed by atoms with Gasteiger partial charge in [0.1, 0.15) is 11.5 Å². The second-order valence-corrected chi connectivity index (χ2v) is 5.03. The Hall–Kier alpha value is -3.29. The first-order valence-corrected chi connectivity index (χ1v) is 6.94. The van der Waals surface area contributed by atoms with E-state index in [1.807, 2.05) is 0 Å². The Morgan fingerprint density at radius 2 is 2.04 bits per heavy atom. The van der Waals surface area contributed by atoms with Gasteiger partial charge in [-0.2, -0.15) is 15.2 Å². The molecule has 0 aliphatic carbocycles. The number of nitrogen functional groups attached to an aromatic ring is 1. The Bertz CT molecular complexity index is 975. The first kappa shape index (κ1) is 13.4. The fourth-order valence-corrected chi connectivity index (χ4v) is 2.47. The Kier molecular flexibility index (Phi) is 3.00. The molecule has 4 aromatic rings. The molecule has 0 unspecified atom stereocenters. The van der Waals surface area contributed by atoms with Crippen LogP contribution in [0.2, 0.25) is 0 Å². The van der Waals surface area contributed by atoms with Gasteiger partial charge in [-0.25, -0.2) is 14.1 Å². The highest BCUT2D eigenvalue weighted by atomic mass is 19.1. The second kappa shape index (κ2) is 5.16. The van der Waals surface area contributed by atoms with Crippen LogP contribution in [-0.2, 0) is 6.54 Å². The number of hydrogen-bond acceptors (Lipinski definition) is 5. The molecule has 8 heteroatoms. The molecule has 23 heavy (non-hydrogen) atoms. The van der Waals surface area contributed by atoms with Gasteiger partial charge in [-0.15, -0.1) is 0 Å². The summed E-state index contributed by atoms with van der Waals surface area (Å²) in [5.74, 6) is -0.163. The molecule has 3 heterocycles. The number of halogens is 1. The van der Waals surface area contributed by atoms with E-state index in [4.69, 9.17) is 5.73 Å². The van der Waals surface area contributed by atoms with Crippen LogP contribution in [-0.4, -0.2) is 29.9 Å². The highest BCUT2D eigenvalue weighted by molar-refractivity contribution is 5.89. The minimum absolute atomic E-state index is 0.123. The van der Waals surface area contributed by atoms with Gasteiger partial charge in [0.05, 0.1) is 23.8 Å². The van der Waals surface area contributed by atoms with Crippen molar-refractivity contribution in [2.75, 3.05) is 5.73 Å². The lowest BCUT2D eigenvalue weighted by molar-refractivity contribution is 0.589. The van der Waals surface area contributed by atoms with Crippen molar-refractivity contribution in [1.29, 1.82) is 0 Å². The molecule has 0 bridgehead atoms. The Morgan fingerprint density at radius 3 is 2.83 bits per heavy atom. The predicted molar refractivity (Wildman–Crippen MR) is 82.8 cm³/mol. The van der Waals surface area contributed by atoms with Crippen LogP contribution in [0.3, 0.4) is 0 Å². The molecule has 0 fully saturated rings. The van der Waals surface area contributed by atoms with Gasteiger partial charge in [0.25, 0.3) is 0 Å². The summed E-state index contributed by atoms with van der Waals surface area (Å²) in [6.45, 7) is 0.259. The van der Waals surface area contributed by atoms with E-state index in [9.17, 15) is 4.39 Å². The molecule has 4 rings (SSSR count). The molecule has 114 valence electrons. The average Bonchev–Trinajstić information content (AvgIpc) is 3.19. The van der Waals surface area contributed by atoms with E-state index in [1.54, 1.807) is 41.3 Å². The lowest BCUT2D eigenvalue weighted by Crippen LogP contribution is -2.06. The number of nitrogens with one attached hydrogen (secondary N) is 1. The van der Waals surface area contributed by atoms with Crippen LogP contribution in [0.15, 0.2) is 42.7 Å². The number of aromatic nitrogens is 6. The van der Waals surface area contributed by atoms with Crippen LogP contribution in [0, 0.1) is 5.82 Å². The Labute approximate surface area is 130 Å². The molecule has 0 atom stereocenters. The quantitative estimate of drug-likeness (QED) is 0.603. The molecule has 0 saturated carbocycles. The van der Waals surface area contributed by atoms with Crippen molar-refractivity contribution < 1.29 is 4.39 Å². The molecular weight excluding hydrogens is 297 g/mol. The molecule has 7 nitrogen and oxygen atoms in total. The maximum Gasteiger partial charge on any atom is 0.222 e. The summed E-state index contributed by atoms with van der Waals surface area (Å²) in [7, 11) is 0. The van der Waals surface area contributed by atoms with Gasteiger partial charge in [-0.3, -0.25) is 5.10 Å². The lowest BCUT2D eigenvalue weighted by Gasteiger charge is -2.06. The molecule has 0 aliphatic rings. The van der Waals surface area contributed by atoms with Crippen LogP contribution < -0.4 is 5.73 Å². The predicted octanol–water partition coefficient (Wildman–Crippen LogP) is 1.99. The van der Waals surface area contributed by atoms with Crippen LogP contribution in [0.4, 0.5) is 10.3 Å². The highest BCUT2D eigenvalue weighted by Gasteiger charge is 2.15. The molecule has 0 saturated heterocycles. The van der Waals surface area contributed by atoms with Gasteiger partial charge >= 0.3 is 0 Å². The molecule has 1 aromatic carbocycles. The molecule has 3 N–H and O–H groups in total. The van der Waals surface area contributed by atoms with Crippen LogP contribution >= 0.6 is 0 Å². The van der Waals surface area contributed by atoms with Crippen LogP contribution in [0.1, 0.15) is 5.56 Å². The number of nitrogens with zero attached hydrogens (tertiary/aromatic N) is 5.